The Hall–Kier alpha value is -3.27. The number of hydrogen-bond donors (Lipinski definition) is 1. The Morgan fingerprint density at radius 3 is 1.98 bits per heavy atom. The van der Waals surface area contributed by atoms with Crippen LogP contribution in [0, 0.1) is 0 Å². The normalized spacial score (nSPS) is 11.9. The number of carbonyl (C=O) groups excluding carboxylic acids is 2. The van der Waals surface area contributed by atoms with E-state index < -0.39 is 34.4 Å². The maximum absolute atomic E-state index is 14.3. The minimum absolute atomic E-state index is 0.0210. The van der Waals surface area contributed by atoms with Gasteiger partial charge in [-0.2, -0.15) is 0 Å². The molecule has 1 N–H and O–H groups in total. The second-order valence-corrected chi connectivity index (χ2v) is 13.0. The Labute approximate surface area is 271 Å². The van der Waals surface area contributed by atoms with Gasteiger partial charge in [-0.1, -0.05) is 101 Å². The molecule has 0 heterocycles. The molecule has 12 heteroatoms. The number of rotatable bonds is 11. The van der Waals surface area contributed by atoms with Crippen LogP contribution in [0.1, 0.15) is 11.1 Å². The van der Waals surface area contributed by atoms with Crippen LogP contribution in [0.3, 0.4) is 0 Å². The third kappa shape index (κ3) is 7.82. The van der Waals surface area contributed by atoms with E-state index in [4.69, 9.17) is 46.4 Å². The van der Waals surface area contributed by atoms with Crippen LogP contribution < -0.4 is 9.62 Å². The van der Waals surface area contributed by atoms with Crippen LogP contribution in [0.25, 0.3) is 0 Å². The molecule has 0 aromatic heterocycles. The second kappa shape index (κ2) is 14.5. The van der Waals surface area contributed by atoms with Crippen LogP contribution in [0.5, 0.6) is 0 Å². The Morgan fingerprint density at radius 2 is 1.40 bits per heavy atom. The summed E-state index contributed by atoms with van der Waals surface area (Å²) in [6.07, 6.45) is 0.140. The number of anilines is 1. The third-order valence-corrected chi connectivity index (χ3v) is 9.72. The van der Waals surface area contributed by atoms with Gasteiger partial charge in [0, 0.05) is 40.6 Å². The minimum atomic E-state index is -4.31. The molecule has 0 aliphatic carbocycles. The SMILES string of the molecule is CNC(=O)[C@H](Cc1ccccc1)N(Cc1c(Cl)cccc1Cl)C(=O)CN(c1ccc(Cl)cc1Cl)S(=O)(=O)c1ccccc1. The highest BCUT2D eigenvalue weighted by Gasteiger charge is 2.35. The first-order valence-electron chi connectivity index (χ1n) is 13.0. The molecule has 0 spiro atoms. The summed E-state index contributed by atoms with van der Waals surface area (Å²) in [7, 11) is -2.85. The van der Waals surface area contributed by atoms with E-state index in [0.717, 1.165) is 9.87 Å². The van der Waals surface area contributed by atoms with Gasteiger partial charge in [-0.05, 0) is 48.0 Å². The average molecular weight is 679 g/mol. The van der Waals surface area contributed by atoms with E-state index in [-0.39, 0.29) is 43.6 Å². The van der Waals surface area contributed by atoms with Crippen molar-refractivity contribution in [3.05, 3.63) is 128 Å². The van der Waals surface area contributed by atoms with Gasteiger partial charge in [0.25, 0.3) is 10.0 Å². The number of sulfonamides is 1. The van der Waals surface area contributed by atoms with Gasteiger partial charge in [-0.25, -0.2) is 8.42 Å². The molecule has 0 radical (unpaired) electrons. The number of nitrogens with one attached hydrogen (secondary N) is 1. The molecular weight excluding hydrogens is 652 g/mol. The van der Waals surface area contributed by atoms with Crippen molar-refractivity contribution in [2.45, 2.75) is 23.9 Å². The fraction of sp³-hybridized carbons (Fsp3) is 0.161. The van der Waals surface area contributed by atoms with Crippen LogP contribution in [0.4, 0.5) is 5.69 Å². The summed E-state index contributed by atoms with van der Waals surface area (Å²) >= 11 is 25.6. The first-order chi connectivity index (χ1) is 20.5. The summed E-state index contributed by atoms with van der Waals surface area (Å²) < 4.78 is 28.9. The van der Waals surface area contributed by atoms with Crippen molar-refractivity contribution >= 4 is 73.9 Å². The molecule has 224 valence electrons. The van der Waals surface area contributed by atoms with E-state index in [1.54, 1.807) is 36.4 Å². The summed E-state index contributed by atoms with van der Waals surface area (Å²) in [4.78, 5) is 28.9. The third-order valence-electron chi connectivity index (χ3n) is 6.70. The molecule has 0 bridgehead atoms. The van der Waals surface area contributed by atoms with Crippen molar-refractivity contribution in [3.8, 4) is 0 Å². The Balaban J connectivity index is 1.84. The van der Waals surface area contributed by atoms with Crippen molar-refractivity contribution in [2.24, 2.45) is 0 Å². The summed E-state index contributed by atoms with van der Waals surface area (Å²) in [5.74, 6) is -1.14. The Kier molecular flexibility index (Phi) is 11.0. The molecule has 0 saturated heterocycles. The summed E-state index contributed by atoms with van der Waals surface area (Å²) in [6.45, 7) is -0.862. The van der Waals surface area contributed by atoms with Crippen molar-refractivity contribution in [2.75, 3.05) is 17.9 Å². The Morgan fingerprint density at radius 1 is 0.791 bits per heavy atom. The van der Waals surface area contributed by atoms with Gasteiger partial charge in [-0.3, -0.25) is 13.9 Å². The first kappa shape index (κ1) is 32.6. The van der Waals surface area contributed by atoms with Gasteiger partial charge in [0.2, 0.25) is 11.8 Å². The van der Waals surface area contributed by atoms with Gasteiger partial charge >= 0.3 is 0 Å². The van der Waals surface area contributed by atoms with Crippen LogP contribution in [-0.4, -0.2) is 44.8 Å². The topological polar surface area (TPSA) is 86.8 Å². The number of nitrogens with zero attached hydrogens (tertiary/aromatic N) is 2. The number of halogens is 4. The van der Waals surface area contributed by atoms with Crippen molar-refractivity contribution in [3.63, 3.8) is 0 Å². The van der Waals surface area contributed by atoms with Crippen LogP contribution in [-0.2, 0) is 32.6 Å². The zero-order valence-corrected chi connectivity index (χ0v) is 26.7. The predicted octanol–water partition coefficient (Wildman–Crippen LogP) is 6.88. The maximum atomic E-state index is 14.3. The molecule has 0 unspecified atom stereocenters. The number of amides is 2. The molecule has 2 amide bonds. The van der Waals surface area contributed by atoms with Crippen LogP contribution >= 0.6 is 46.4 Å². The molecular formula is C31H27Cl4N3O4S. The van der Waals surface area contributed by atoms with Gasteiger partial charge in [0.15, 0.2) is 0 Å². The molecule has 43 heavy (non-hydrogen) atoms. The van der Waals surface area contributed by atoms with E-state index in [9.17, 15) is 18.0 Å². The molecule has 0 aliphatic heterocycles. The lowest BCUT2D eigenvalue weighted by Crippen LogP contribution is -2.53. The molecule has 7 nitrogen and oxygen atoms in total. The van der Waals surface area contributed by atoms with Crippen molar-refractivity contribution in [1.82, 2.24) is 10.2 Å². The number of carbonyl (C=O) groups is 2. The molecule has 4 aromatic rings. The summed E-state index contributed by atoms with van der Waals surface area (Å²) in [5.41, 5.74) is 1.23. The fourth-order valence-corrected chi connectivity index (χ4v) is 7.02. The molecule has 4 rings (SSSR count). The lowest BCUT2D eigenvalue weighted by Gasteiger charge is -2.34. The fourth-order valence-electron chi connectivity index (χ4n) is 4.49. The van der Waals surface area contributed by atoms with E-state index >= 15 is 0 Å². The number of likely N-dealkylation sites (N-methyl/N-ethyl adjacent to an activating group) is 1. The monoisotopic (exact) mass is 677 g/mol. The van der Waals surface area contributed by atoms with Gasteiger partial charge in [0.05, 0.1) is 15.6 Å². The highest BCUT2D eigenvalue weighted by atomic mass is 35.5. The zero-order valence-electron chi connectivity index (χ0n) is 22.9. The van der Waals surface area contributed by atoms with E-state index in [1.165, 1.54) is 42.3 Å². The van der Waals surface area contributed by atoms with Crippen LogP contribution in [0.2, 0.25) is 20.1 Å². The van der Waals surface area contributed by atoms with Gasteiger partial charge < -0.3 is 10.2 Å². The molecule has 0 fully saturated rings. The first-order valence-corrected chi connectivity index (χ1v) is 16.0. The van der Waals surface area contributed by atoms with E-state index in [2.05, 4.69) is 5.32 Å². The lowest BCUT2D eigenvalue weighted by atomic mass is 10.0. The summed E-state index contributed by atoms with van der Waals surface area (Å²) in [5, 5.41) is 3.51. The van der Waals surface area contributed by atoms with E-state index in [1.807, 2.05) is 30.3 Å². The molecule has 1 atom stereocenters. The summed E-state index contributed by atoms with van der Waals surface area (Å²) in [6, 6.07) is 25.0. The quantitative estimate of drug-likeness (QED) is 0.187. The van der Waals surface area contributed by atoms with Crippen LogP contribution in [0.15, 0.2) is 102 Å². The minimum Gasteiger partial charge on any atom is -0.357 e. The largest absolute Gasteiger partial charge is 0.357 e. The Bertz CT molecular complexity index is 1690. The zero-order chi connectivity index (χ0) is 31.1. The molecule has 4 aromatic carbocycles. The highest BCUT2D eigenvalue weighted by molar-refractivity contribution is 7.92. The smallest absolute Gasteiger partial charge is 0.264 e. The number of hydrogen-bond acceptors (Lipinski definition) is 4. The van der Waals surface area contributed by atoms with Gasteiger partial charge in [0.1, 0.15) is 12.6 Å². The standard InChI is InChI=1S/C31H27Cl4N3O4S/c1-36-31(40)29(17-21-9-4-2-5-10-21)37(19-24-25(33)13-8-14-26(24)34)30(39)20-38(28-16-15-22(32)18-27(28)35)43(41,42)23-11-6-3-7-12-23/h2-16,18,29H,17,19-20H2,1H3,(H,36,40)/t29-/m0/s1. The average Bonchev–Trinajstić information content (AvgIpc) is 2.99. The number of benzene rings is 4. The second-order valence-electron chi connectivity index (χ2n) is 9.46. The van der Waals surface area contributed by atoms with Crippen molar-refractivity contribution in [1.29, 1.82) is 0 Å². The highest BCUT2D eigenvalue weighted by Crippen LogP contribution is 2.33. The van der Waals surface area contributed by atoms with Crippen molar-refractivity contribution < 1.29 is 18.0 Å². The van der Waals surface area contributed by atoms with E-state index in [0.29, 0.717) is 5.56 Å². The lowest BCUT2D eigenvalue weighted by molar-refractivity contribution is -0.139. The molecule has 0 saturated carbocycles. The molecule has 0 aliphatic rings. The van der Waals surface area contributed by atoms with Gasteiger partial charge in [-0.15, -0.1) is 0 Å². The maximum Gasteiger partial charge on any atom is 0.264 e. The predicted molar refractivity (Wildman–Crippen MR) is 172 cm³/mol.